The molecule has 0 aliphatic carbocycles. The van der Waals surface area contributed by atoms with E-state index in [9.17, 15) is 5.11 Å². The van der Waals surface area contributed by atoms with Crippen LogP contribution in [0.4, 0.5) is 0 Å². The number of nitrogens with zero attached hydrogens (tertiary/aromatic N) is 1. The van der Waals surface area contributed by atoms with Gasteiger partial charge in [-0.05, 0) is 45.3 Å². The highest BCUT2D eigenvalue weighted by Crippen LogP contribution is 2.37. The van der Waals surface area contributed by atoms with Crippen LogP contribution in [0.3, 0.4) is 0 Å². The molecule has 5 nitrogen and oxygen atoms in total. The number of ether oxygens (including phenoxy) is 2. The van der Waals surface area contributed by atoms with Crippen LogP contribution < -0.4 is 27.2 Å². The van der Waals surface area contributed by atoms with Gasteiger partial charge in [-0.25, -0.2) is 0 Å². The Morgan fingerprint density at radius 1 is 1.10 bits per heavy atom. The molecule has 29 heavy (non-hydrogen) atoms. The summed E-state index contributed by atoms with van der Waals surface area (Å²) in [6.07, 6.45) is 2.96. The first-order chi connectivity index (χ1) is 13.7. The number of nitrogens with one attached hydrogen (secondary N) is 1. The molecule has 0 saturated heterocycles. The van der Waals surface area contributed by atoms with E-state index in [0.717, 1.165) is 21.2 Å². The molecule has 3 rings (SSSR count). The quantitative estimate of drug-likeness (QED) is 0.485. The van der Waals surface area contributed by atoms with Gasteiger partial charge >= 0.3 is 0 Å². The third kappa shape index (κ3) is 6.72. The summed E-state index contributed by atoms with van der Waals surface area (Å²) in [5.74, 6) is 1.30. The average molecular weight is 479 g/mol. The van der Waals surface area contributed by atoms with Crippen LogP contribution in [0.5, 0.6) is 11.5 Å². The summed E-state index contributed by atoms with van der Waals surface area (Å²) >= 11 is 3.57. The number of halogens is 2. The number of aromatic nitrogens is 1. The van der Waals surface area contributed by atoms with Gasteiger partial charge in [0, 0.05) is 31.0 Å². The van der Waals surface area contributed by atoms with Gasteiger partial charge in [-0.1, -0.05) is 36.4 Å². The van der Waals surface area contributed by atoms with E-state index < -0.39 is 6.10 Å². The molecule has 0 aliphatic rings. The van der Waals surface area contributed by atoms with E-state index in [4.69, 9.17) is 9.47 Å². The van der Waals surface area contributed by atoms with Crippen molar-refractivity contribution in [2.24, 2.45) is 0 Å². The minimum Gasteiger partial charge on any atom is -1.00 e. The van der Waals surface area contributed by atoms with E-state index in [1.807, 2.05) is 54.6 Å². The summed E-state index contributed by atoms with van der Waals surface area (Å²) in [6.45, 7) is 1.47. The number of benzene rings is 2. The van der Waals surface area contributed by atoms with Gasteiger partial charge in [-0.2, -0.15) is 0 Å². The Labute approximate surface area is 185 Å². The van der Waals surface area contributed by atoms with Gasteiger partial charge in [-0.15, -0.1) is 0 Å². The van der Waals surface area contributed by atoms with Gasteiger partial charge in [0.25, 0.3) is 0 Å². The summed E-state index contributed by atoms with van der Waals surface area (Å²) in [6, 6.07) is 17.4. The lowest BCUT2D eigenvalue weighted by Gasteiger charge is -2.16. The second kappa shape index (κ2) is 11.8. The zero-order valence-electron chi connectivity index (χ0n) is 16.0. The lowest BCUT2D eigenvalue weighted by Crippen LogP contribution is -3.00. The highest BCUT2D eigenvalue weighted by Gasteiger charge is 2.13. The molecule has 0 amide bonds. The van der Waals surface area contributed by atoms with Crippen molar-refractivity contribution < 1.29 is 27.0 Å². The largest absolute Gasteiger partial charge is 1.00 e. The van der Waals surface area contributed by atoms with Crippen molar-refractivity contribution in [3.8, 4) is 11.5 Å². The molecule has 0 bridgehead atoms. The van der Waals surface area contributed by atoms with Crippen LogP contribution in [-0.4, -0.2) is 23.7 Å². The van der Waals surface area contributed by atoms with E-state index in [-0.39, 0.29) is 12.4 Å². The van der Waals surface area contributed by atoms with Gasteiger partial charge in [0.2, 0.25) is 0 Å². The van der Waals surface area contributed by atoms with Gasteiger partial charge in [0.05, 0.1) is 17.7 Å². The molecule has 7 heteroatoms. The Kier molecular flexibility index (Phi) is 9.41. The van der Waals surface area contributed by atoms with Gasteiger partial charge in [0.15, 0.2) is 11.5 Å². The van der Waals surface area contributed by atoms with Crippen molar-refractivity contribution in [1.82, 2.24) is 10.3 Å². The number of aliphatic hydroxyl groups is 1. The van der Waals surface area contributed by atoms with Crippen molar-refractivity contribution in [2.75, 3.05) is 13.7 Å². The molecule has 0 aliphatic heterocycles. The summed E-state index contributed by atoms with van der Waals surface area (Å²) in [5, 5.41) is 13.5. The van der Waals surface area contributed by atoms with Gasteiger partial charge < -0.3 is 32.3 Å². The average Bonchev–Trinajstić information content (AvgIpc) is 2.74. The number of pyridine rings is 1. The van der Waals surface area contributed by atoms with Crippen LogP contribution in [-0.2, 0) is 13.2 Å². The van der Waals surface area contributed by atoms with E-state index in [0.29, 0.717) is 31.2 Å². The first kappa shape index (κ1) is 23.2. The molecule has 0 spiro atoms. The van der Waals surface area contributed by atoms with E-state index >= 15 is 0 Å². The van der Waals surface area contributed by atoms with Crippen molar-refractivity contribution in [3.05, 3.63) is 88.2 Å². The summed E-state index contributed by atoms with van der Waals surface area (Å²) < 4.78 is 12.2. The third-order valence-corrected chi connectivity index (χ3v) is 4.84. The Morgan fingerprint density at radius 2 is 1.90 bits per heavy atom. The number of hydrogen-bond acceptors (Lipinski definition) is 5. The topological polar surface area (TPSA) is 63.6 Å². The third-order valence-electron chi connectivity index (χ3n) is 4.25. The maximum atomic E-state index is 10.3. The highest BCUT2D eigenvalue weighted by atomic mass is 79.9. The molecule has 1 atom stereocenters. The molecule has 2 aromatic carbocycles. The maximum absolute atomic E-state index is 10.3. The summed E-state index contributed by atoms with van der Waals surface area (Å²) in [5.41, 5.74) is 2.91. The SMILES string of the molecule is COc1cc(CNCC(O)c2ccccc2)cc(Br)c1OCc1cccnc1.[Cl-]. The lowest BCUT2D eigenvalue weighted by molar-refractivity contribution is -0.00000785. The van der Waals surface area contributed by atoms with Crippen molar-refractivity contribution >= 4 is 15.9 Å². The van der Waals surface area contributed by atoms with Crippen LogP contribution in [0, 0.1) is 0 Å². The minimum absolute atomic E-state index is 0. The number of hydrogen-bond donors (Lipinski definition) is 2. The fourth-order valence-corrected chi connectivity index (χ4v) is 3.40. The fourth-order valence-electron chi connectivity index (χ4n) is 2.80. The Bertz CT molecular complexity index is 882. The standard InChI is InChI=1S/C22H23BrN2O3.ClH/c1-27-21-11-17(13-25-14-20(26)18-7-3-2-4-8-18)10-19(23)22(21)28-15-16-6-5-9-24-12-16;/h2-12,20,25-26H,13-15H2,1H3;1H/p-1. The van der Waals surface area contributed by atoms with E-state index in [1.165, 1.54) is 0 Å². The number of aliphatic hydroxyl groups excluding tert-OH is 1. The molecule has 2 N–H and O–H groups in total. The van der Waals surface area contributed by atoms with Crippen molar-refractivity contribution in [3.63, 3.8) is 0 Å². The second-order valence-electron chi connectivity index (χ2n) is 6.32. The zero-order valence-corrected chi connectivity index (χ0v) is 18.4. The Hall–Kier alpha value is -2.12. The molecule has 154 valence electrons. The van der Waals surface area contributed by atoms with Gasteiger partial charge in [0.1, 0.15) is 6.61 Å². The van der Waals surface area contributed by atoms with Crippen LogP contribution in [0.15, 0.2) is 71.5 Å². The monoisotopic (exact) mass is 477 g/mol. The molecule has 1 aromatic heterocycles. The maximum Gasteiger partial charge on any atom is 0.175 e. The molecular formula is C22H23BrClN2O3-. The first-order valence-electron chi connectivity index (χ1n) is 8.99. The predicted molar refractivity (Wildman–Crippen MR) is 112 cm³/mol. The van der Waals surface area contributed by atoms with Crippen molar-refractivity contribution in [1.29, 1.82) is 0 Å². The highest BCUT2D eigenvalue weighted by molar-refractivity contribution is 9.10. The summed E-state index contributed by atoms with van der Waals surface area (Å²) in [4.78, 5) is 4.09. The van der Waals surface area contributed by atoms with Crippen molar-refractivity contribution in [2.45, 2.75) is 19.3 Å². The number of rotatable bonds is 9. The Balaban J connectivity index is 0.00000300. The zero-order chi connectivity index (χ0) is 19.8. The lowest BCUT2D eigenvalue weighted by atomic mass is 10.1. The second-order valence-corrected chi connectivity index (χ2v) is 7.17. The molecule has 0 fully saturated rings. The van der Waals surface area contributed by atoms with Crippen LogP contribution >= 0.6 is 15.9 Å². The van der Waals surface area contributed by atoms with E-state index in [2.05, 4.69) is 26.2 Å². The molecular weight excluding hydrogens is 456 g/mol. The van der Waals surface area contributed by atoms with Gasteiger partial charge in [-0.3, -0.25) is 4.98 Å². The molecule has 1 heterocycles. The predicted octanol–water partition coefficient (Wildman–Crippen LogP) is 1.26. The van der Waals surface area contributed by atoms with Crippen LogP contribution in [0.25, 0.3) is 0 Å². The summed E-state index contributed by atoms with van der Waals surface area (Å²) in [7, 11) is 1.62. The Morgan fingerprint density at radius 3 is 2.59 bits per heavy atom. The molecule has 0 saturated carbocycles. The van der Waals surface area contributed by atoms with Crippen LogP contribution in [0.2, 0.25) is 0 Å². The first-order valence-corrected chi connectivity index (χ1v) is 9.78. The molecule has 0 radical (unpaired) electrons. The number of methoxy groups -OCH3 is 1. The molecule has 1 unspecified atom stereocenters. The van der Waals surface area contributed by atoms with E-state index in [1.54, 1.807) is 19.5 Å². The normalized spacial score (nSPS) is 11.4. The van der Waals surface area contributed by atoms with Crippen LogP contribution in [0.1, 0.15) is 22.8 Å². The molecule has 3 aromatic rings. The minimum atomic E-state index is -0.548. The fraction of sp³-hybridized carbons (Fsp3) is 0.227. The smallest absolute Gasteiger partial charge is 0.175 e.